The van der Waals surface area contributed by atoms with E-state index >= 15 is 0 Å². The van der Waals surface area contributed by atoms with E-state index in [4.69, 9.17) is 5.84 Å². The lowest BCUT2D eigenvalue weighted by Crippen LogP contribution is -2.50. The van der Waals surface area contributed by atoms with Gasteiger partial charge in [0.05, 0.1) is 11.8 Å². The van der Waals surface area contributed by atoms with Crippen LogP contribution in [0.3, 0.4) is 0 Å². The fourth-order valence-electron chi connectivity index (χ4n) is 3.32. The summed E-state index contributed by atoms with van der Waals surface area (Å²) >= 11 is 4.71. The van der Waals surface area contributed by atoms with Crippen LogP contribution in [0, 0.1) is 11.3 Å². The number of nitrogen functional groups attached to an aromatic ring is 1. The van der Waals surface area contributed by atoms with Crippen molar-refractivity contribution in [3.8, 4) is 17.5 Å². The van der Waals surface area contributed by atoms with Gasteiger partial charge in [0, 0.05) is 17.1 Å². The first-order valence-corrected chi connectivity index (χ1v) is 10.5. The van der Waals surface area contributed by atoms with Gasteiger partial charge in [0.1, 0.15) is 5.54 Å². The molecule has 1 aromatic heterocycles. The molecule has 3 rings (SSSR count). The molecule has 142 valence electrons. The second-order valence-corrected chi connectivity index (χ2v) is 8.40. The number of amides is 1. The third-order valence-electron chi connectivity index (χ3n) is 5.01. The summed E-state index contributed by atoms with van der Waals surface area (Å²) in [7, 11) is 1.72. The van der Waals surface area contributed by atoms with Crippen LogP contribution >= 0.6 is 27.7 Å². The Morgan fingerprint density at radius 2 is 2.07 bits per heavy atom. The summed E-state index contributed by atoms with van der Waals surface area (Å²) in [6.07, 6.45) is 4.54. The zero-order chi connectivity index (χ0) is 19.4. The molecule has 0 unspecified atom stereocenters. The van der Waals surface area contributed by atoms with E-state index in [1.807, 2.05) is 24.3 Å². The fourth-order valence-corrected chi connectivity index (χ4v) is 4.55. The molecule has 0 radical (unpaired) electrons. The van der Waals surface area contributed by atoms with Crippen LogP contribution in [0.1, 0.15) is 32.1 Å². The SMILES string of the molecule is CN(C(=O)CSc1nnc(-c2ccccc2Br)n1N)C1(C#N)CCCCC1. The highest BCUT2D eigenvalue weighted by molar-refractivity contribution is 9.10. The van der Waals surface area contributed by atoms with E-state index in [0.29, 0.717) is 11.0 Å². The summed E-state index contributed by atoms with van der Waals surface area (Å²) in [6.45, 7) is 0. The van der Waals surface area contributed by atoms with Gasteiger partial charge in [0.25, 0.3) is 0 Å². The number of thioether (sulfide) groups is 1. The summed E-state index contributed by atoms with van der Waals surface area (Å²) in [5.41, 5.74) is 0.139. The minimum atomic E-state index is -0.688. The average molecular weight is 449 g/mol. The molecule has 1 aliphatic rings. The van der Waals surface area contributed by atoms with Crippen molar-refractivity contribution in [3.05, 3.63) is 28.7 Å². The maximum atomic E-state index is 12.7. The monoisotopic (exact) mass is 448 g/mol. The van der Waals surface area contributed by atoms with Gasteiger partial charge in [-0.2, -0.15) is 5.26 Å². The molecule has 2 N–H and O–H groups in total. The van der Waals surface area contributed by atoms with Gasteiger partial charge in [-0.15, -0.1) is 10.2 Å². The first-order chi connectivity index (χ1) is 13.0. The summed E-state index contributed by atoms with van der Waals surface area (Å²) in [5, 5.41) is 18.4. The fraction of sp³-hybridized carbons (Fsp3) is 0.444. The van der Waals surface area contributed by atoms with Crippen LogP contribution in [0.2, 0.25) is 0 Å². The van der Waals surface area contributed by atoms with E-state index < -0.39 is 5.54 Å². The lowest BCUT2D eigenvalue weighted by molar-refractivity contribution is -0.131. The number of hydrogen-bond acceptors (Lipinski definition) is 6. The molecular formula is C18H21BrN6OS. The van der Waals surface area contributed by atoms with Crippen molar-refractivity contribution in [1.82, 2.24) is 19.8 Å². The molecule has 0 spiro atoms. The molecule has 1 aliphatic carbocycles. The third-order valence-corrected chi connectivity index (χ3v) is 6.63. The van der Waals surface area contributed by atoms with E-state index in [1.54, 1.807) is 11.9 Å². The van der Waals surface area contributed by atoms with Crippen molar-refractivity contribution in [2.24, 2.45) is 0 Å². The van der Waals surface area contributed by atoms with E-state index in [9.17, 15) is 10.1 Å². The number of halogens is 1. The van der Waals surface area contributed by atoms with Gasteiger partial charge in [-0.05, 0) is 25.0 Å². The molecule has 0 atom stereocenters. The number of nitrogens with zero attached hydrogens (tertiary/aromatic N) is 5. The van der Waals surface area contributed by atoms with Crippen LogP contribution in [-0.4, -0.2) is 44.0 Å². The third kappa shape index (κ3) is 3.96. The van der Waals surface area contributed by atoms with Gasteiger partial charge in [-0.25, -0.2) is 4.68 Å². The quantitative estimate of drug-likeness (QED) is 0.556. The number of aromatic nitrogens is 3. The first kappa shape index (κ1) is 19.7. The van der Waals surface area contributed by atoms with Crippen LogP contribution in [0.15, 0.2) is 33.9 Å². The maximum absolute atomic E-state index is 12.7. The van der Waals surface area contributed by atoms with Gasteiger partial charge in [-0.3, -0.25) is 4.79 Å². The Labute approximate surface area is 171 Å². The van der Waals surface area contributed by atoms with E-state index in [0.717, 1.165) is 42.1 Å². The molecule has 0 bridgehead atoms. The summed E-state index contributed by atoms with van der Waals surface area (Å²) < 4.78 is 2.25. The van der Waals surface area contributed by atoms with Crippen molar-refractivity contribution in [2.75, 3.05) is 18.6 Å². The predicted molar refractivity (Wildman–Crippen MR) is 108 cm³/mol. The second kappa shape index (κ2) is 8.31. The Morgan fingerprint density at radius 1 is 1.37 bits per heavy atom. The number of rotatable bonds is 5. The highest BCUT2D eigenvalue weighted by Crippen LogP contribution is 2.33. The van der Waals surface area contributed by atoms with Gasteiger partial charge < -0.3 is 10.7 Å². The second-order valence-electron chi connectivity index (χ2n) is 6.60. The molecule has 1 heterocycles. The number of hydrogen-bond donors (Lipinski definition) is 1. The number of carbonyl (C=O) groups is 1. The Hall–Kier alpha value is -2.05. The van der Waals surface area contributed by atoms with Crippen molar-refractivity contribution < 1.29 is 4.79 Å². The lowest BCUT2D eigenvalue weighted by Gasteiger charge is -2.39. The molecule has 9 heteroatoms. The zero-order valence-corrected chi connectivity index (χ0v) is 17.5. The smallest absolute Gasteiger partial charge is 0.234 e. The normalized spacial score (nSPS) is 15.9. The molecule has 27 heavy (non-hydrogen) atoms. The summed E-state index contributed by atoms with van der Waals surface area (Å²) in [6, 6.07) is 9.97. The van der Waals surface area contributed by atoms with Crippen LogP contribution in [-0.2, 0) is 4.79 Å². The van der Waals surface area contributed by atoms with Gasteiger partial charge in [-0.1, -0.05) is 59.1 Å². The highest BCUT2D eigenvalue weighted by Gasteiger charge is 2.38. The van der Waals surface area contributed by atoms with Gasteiger partial charge >= 0.3 is 0 Å². The molecule has 1 amide bonds. The maximum Gasteiger partial charge on any atom is 0.234 e. The van der Waals surface area contributed by atoms with E-state index in [-0.39, 0.29) is 11.7 Å². The van der Waals surface area contributed by atoms with Crippen molar-refractivity contribution in [1.29, 1.82) is 5.26 Å². The highest BCUT2D eigenvalue weighted by atomic mass is 79.9. The topological polar surface area (TPSA) is 101 Å². The summed E-state index contributed by atoms with van der Waals surface area (Å²) in [4.78, 5) is 14.3. The molecule has 0 aliphatic heterocycles. The van der Waals surface area contributed by atoms with Gasteiger partial charge in [0.2, 0.25) is 11.1 Å². The molecule has 1 aromatic carbocycles. The number of benzene rings is 1. The molecule has 1 saturated carbocycles. The molecular weight excluding hydrogens is 428 g/mol. The molecule has 2 aromatic rings. The van der Waals surface area contributed by atoms with Crippen LogP contribution in [0.5, 0.6) is 0 Å². The van der Waals surface area contributed by atoms with E-state index in [2.05, 4.69) is 32.2 Å². The Bertz CT molecular complexity index is 871. The number of nitrogens with two attached hydrogens (primary N) is 1. The molecule has 0 saturated heterocycles. The molecule has 7 nitrogen and oxygen atoms in total. The van der Waals surface area contributed by atoms with Crippen molar-refractivity contribution >= 4 is 33.6 Å². The summed E-state index contributed by atoms with van der Waals surface area (Å²) in [5.74, 6) is 6.71. The van der Waals surface area contributed by atoms with Crippen LogP contribution < -0.4 is 5.84 Å². The zero-order valence-electron chi connectivity index (χ0n) is 15.1. The van der Waals surface area contributed by atoms with Gasteiger partial charge in [0.15, 0.2) is 5.82 Å². The van der Waals surface area contributed by atoms with Crippen LogP contribution in [0.4, 0.5) is 0 Å². The Balaban J connectivity index is 1.69. The van der Waals surface area contributed by atoms with E-state index in [1.165, 1.54) is 16.4 Å². The largest absolute Gasteiger partial charge is 0.335 e. The first-order valence-electron chi connectivity index (χ1n) is 8.74. The van der Waals surface area contributed by atoms with Crippen LogP contribution in [0.25, 0.3) is 11.4 Å². The minimum Gasteiger partial charge on any atom is -0.335 e. The predicted octanol–water partition coefficient (Wildman–Crippen LogP) is 3.20. The standard InChI is InChI=1S/C18H21BrN6OS/c1-24(18(12-20)9-5-2-6-10-18)15(26)11-27-17-23-22-16(25(17)21)13-7-3-4-8-14(13)19/h3-4,7-8H,2,5-6,9-11,21H2,1H3. The lowest BCUT2D eigenvalue weighted by atomic mass is 9.81. The van der Waals surface area contributed by atoms with Crippen molar-refractivity contribution in [3.63, 3.8) is 0 Å². The number of carbonyl (C=O) groups excluding carboxylic acids is 1. The minimum absolute atomic E-state index is 0.103. The Kier molecular flexibility index (Phi) is 6.07. The molecule has 1 fully saturated rings. The van der Waals surface area contributed by atoms with Crippen molar-refractivity contribution in [2.45, 2.75) is 42.8 Å². The number of nitriles is 1. The average Bonchev–Trinajstić information content (AvgIpc) is 3.06. The Morgan fingerprint density at radius 3 is 2.74 bits per heavy atom.